The lowest BCUT2D eigenvalue weighted by Gasteiger charge is -2.23. The molecule has 0 aliphatic carbocycles. The Bertz CT molecular complexity index is 194. The topological polar surface area (TPSA) is 59.6 Å². The minimum Gasteiger partial charge on any atom is -0.381 e. The van der Waals surface area contributed by atoms with Crippen LogP contribution in [0.3, 0.4) is 0 Å². The fraction of sp³-hybridized carbons (Fsp3) is 0.909. The highest BCUT2D eigenvalue weighted by Crippen LogP contribution is 2.05. The van der Waals surface area contributed by atoms with E-state index in [1.54, 1.807) is 0 Å². The molecule has 0 unspecified atom stereocenters. The van der Waals surface area contributed by atoms with Crippen molar-refractivity contribution in [1.29, 1.82) is 0 Å². The average Bonchev–Trinajstić information content (AvgIpc) is 2.30. The molecule has 0 aromatic carbocycles. The zero-order valence-electron chi connectivity index (χ0n) is 9.96. The first kappa shape index (κ1) is 13.4. The Morgan fingerprint density at radius 3 is 2.88 bits per heavy atom. The lowest BCUT2D eigenvalue weighted by molar-refractivity contribution is -0.121. The molecule has 0 radical (unpaired) electrons. The van der Waals surface area contributed by atoms with E-state index in [9.17, 15) is 4.79 Å². The maximum Gasteiger partial charge on any atom is 0.234 e. The van der Waals surface area contributed by atoms with Crippen LogP contribution in [0.1, 0.15) is 19.8 Å². The van der Waals surface area contributed by atoms with Crippen molar-refractivity contribution >= 4 is 5.91 Å². The van der Waals surface area contributed by atoms with Gasteiger partial charge in [0, 0.05) is 32.4 Å². The Kier molecular flexibility index (Phi) is 7.12. The van der Waals surface area contributed by atoms with Crippen molar-refractivity contribution in [2.45, 2.75) is 25.8 Å². The fourth-order valence-corrected chi connectivity index (χ4v) is 1.61. The summed E-state index contributed by atoms with van der Waals surface area (Å²) < 4.78 is 10.4. The summed E-state index contributed by atoms with van der Waals surface area (Å²) in [5.74, 6) is 0.0587. The lowest BCUT2D eigenvalue weighted by Crippen LogP contribution is -2.43. The zero-order valence-corrected chi connectivity index (χ0v) is 9.96. The molecule has 2 N–H and O–H groups in total. The third-order valence-corrected chi connectivity index (χ3v) is 2.50. The van der Waals surface area contributed by atoms with E-state index in [-0.39, 0.29) is 11.9 Å². The van der Waals surface area contributed by atoms with Gasteiger partial charge < -0.3 is 20.1 Å². The van der Waals surface area contributed by atoms with Gasteiger partial charge in [-0.05, 0) is 19.8 Å². The van der Waals surface area contributed by atoms with Gasteiger partial charge in [-0.25, -0.2) is 0 Å². The van der Waals surface area contributed by atoms with Gasteiger partial charge in [-0.1, -0.05) is 0 Å². The molecular weight excluding hydrogens is 208 g/mol. The van der Waals surface area contributed by atoms with E-state index >= 15 is 0 Å². The Morgan fingerprint density at radius 1 is 1.44 bits per heavy atom. The number of hydrogen-bond acceptors (Lipinski definition) is 4. The van der Waals surface area contributed by atoms with Crippen molar-refractivity contribution in [2.75, 3.05) is 39.5 Å². The molecule has 16 heavy (non-hydrogen) atoms. The molecule has 1 aliphatic rings. The van der Waals surface area contributed by atoms with Crippen molar-refractivity contribution in [2.24, 2.45) is 0 Å². The number of carbonyl (C=O) groups excluding carboxylic acids is 1. The predicted octanol–water partition coefficient (Wildman–Crippen LogP) is -0.0923. The molecule has 0 spiro atoms. The van der Waals surface area contributed by atoms with Gasteiger partial charge in [0.15, 0.2) is 0 Å². The summed E-state index contributed by atoms with van der Waals surface area (Å²) in [5.41, 5.74) is 0. The predicted molar refractivity (Wildman–Crippen MR) is 61.3 cm³/mol. The first-order valence-corrected chi connectivity index (χ1v) is 5.98. The van der Waals surface area contributed by atoms with E-state index in [1.807, 2.05) is 6.92 Å². The van der Waals surface area contributed by atoms with Gasteiger partial charge in [0.25, 0.3) is 0 Å². The largest absolute Gasteiger partial charge is 0.381 e. The van der Waals surface area contributed by atoms with E-state index in [0.717, 1.165) is 39.2 Å². The third kappa shape index (κ3) is 6.05. The number of ether oxygens (including phenoxy) is 2. The van der Waals surface area contributed by atoms with E-state index in [1.165, 1.54) is 0 Å². The van der Waals surface area contributed by atoms with Crippen LogP contribution in [-0.4, -0.2) is 51.5 Å². The van der Waals surface area contributed by atoms with Crippen LogP contribution in [0.2, 0.25) is 0 Å². The van der Waals surface area contributed by atoms with Crippen molar-refractivity contribution in [3.05, 3.63) is 0 Å². The van der Waals surface area contributed by atoms with Gasteiger partial charge in [-0.3, -0.25) is 4.79 Å². The van der Waals surface area contributed by atoms with Gasteiger partial charge >= 0.3 is 0 Å². The number of nitrogens with one attached hydrogen (secondary N) is 2. The van der Waals surface area contributed by atoms with Crippen molar-refractivity contribution < 1.29 is 14.3 Å². The van der Waals surface area contributed by atoms with Gasteiger partial charge in [0.1, 0.15) is 0 Å². The second kappa shape index (κ2) is 8.50. The standard InChI is InChI=1S/C11H22N2O3/c1-2-15-8-5-12-9-11(14)13-10-3-6-16-7-4-10/h10,12H,2-9H2,1H3,(H,13,14). The highest BCUT2D eigenvalue weighted by molar-refractivity contribution is 5.78. The highest BCUT2D eigenvalue weighted by Gasteiger charge is 2.15. The molecule has 1 aliphatic heterocycles. The maximum absolute atomic E-state index is 11.5. The molecule has 1 saturated heterocycles. The Morgan fingerprint density at radius 2 is 2.19 bits per heavy atom. The summed E-state index contributed by atoms with van der Waals surface area (Å²) >= 11 is 0. The highest BCUT2D eigenvalue weighted by atomic mass is 16.5. The van der Waals surface area contributed by atoms with Gasteiger partial charge in [-0.2, -0.15) is 0 Å². The normalized spacial score (nSPS) is 17.3. The summed E-state index contributed by atoms with van der Waals surface area (Å²) in [4.78, 5) is 11.5. The quantitative estimate of drug-likeness (QED) is 0.600. The summed E-state index contributed by atoms with van der Waals surface area (Å²) in [6.07, 6.45) is 1.84. The van der Waals surface area contributed by atoms with Crippen LogP contribution in [0.25, 0.3) is 0 Å². The Hall–Kier alpha value is -0.650. The molecule has 5 heteroatoms. The molecule has 5 nitrogen and oxygen atoms in total. The van der Waals surface area contributed by atoms with Crippen molar-refractivity contribution in [1.82, 2.24) is 10.6 Å². The second-order valence-electron chi connectivity index (χ2n) is 3.83. The SMILES string of the molecule is CCOCCNCC(=O)NC1CCOCC1. The molecule has 0 aromatic heterocycles. The Balaban J connectivity index is 1.97. The molecule has 1 heterocycles. The summed E-state index contributed by atoms with van der Waals surface area (Å²) in [6, 6.07) is 0.287. The second-order valence-corrected chi connectivity index (χ2v) is 3.83. The smallest absolute Gasteiger partial charge is 0.234 e. The molecule has 1 fully saturated rings. The number of carbonyl (C=O) groups is 1. The van der Waals surface area contributed by atoms with Crippen LogP contribution in [0.15, 0.2) is 0 Å². The van der Waals surface area contributed by atoms with Crippen LogP contribution < -0.4 is 10.6 Å². The van der Waals surface area contributed by atoms with Crippen LogP contribution in [0, 0.1) is 0 Å². The van der Waals surface area contributed by atoms with Crippen LogP contribution >= 0.6 is 0 Å². The van der Waals surface area contributed by atoms with Gasteiger partial charge in [0.05, 0.1) is 13.2 Å². The van der Waals surface area contributed by atoms with E-state index in [0.29, 0.717) is 13.2 Å². The molecule has 0 saturated carbocycles. The molecule has 0 atom stereocenters. The van der Waals surface area contributed by atoms with Gasteiger partial charge in [-0.15, -0.1) is 0 Å². The average molecular weight is 230 g/mol. The lowest BCUT2D eigenvalue weighted by atomic mass is 10.1. The summed E-state index contributed by atoms with van der Waals surface area (Å²) in [7, 11) is 0. The van der Waals surface area contributed by atoms with Crippen LogP contribution in [0.4, 0.5) is 0 Å². The van der Waals surface area contributed by atoms with Gasteiger partial charge in [0.2, 0.25) is 5.91 Å². The summed E-state index contributed by atoms with van der Waals surface area (Å²) in [6.45, 7) is 5.92. The number of hydrogen-bond donors (Lipinski definition) is 2. The molecule has 1 amide bonds. The van der Waals surface area contributed by atoms with E-state index in [4.69, 9.17) is 9.47 Å². The van der Waals surface area contributed by atoms with Crippen molar-refractivity contribution in [3.8, 4) is 0 Å². The molecule has 94 valence electrons. The Labute approximate surface area is 96.9 Å². The third-order valence-electron chi connectivity index (χ3n) is 2.50. The minimum absolute atomic E-state index is 0.0587. The van der Waals surface area contributed by atoms with Crippen LogP contribution in [-0.2, 0) is 14.3 Å². The molecular formula is C11H22N2O3. The number of rotatable bonds is 7. The summed E-state index contributed by atoms with van der Waals surface area (Å²) in [5, 5.41) is 6.03. The monoisotopic (exact) mass is 230 g/mol. The first-order valence-electron chi connectivity index (χ1n) is 5.98. The molecule has 1 rings (SSSR count). The van der Waals surface area contributed by atoms with E-state index < -0.39 is 0 Å². The molecule has 0 aromatic rings. The maximum atomic E-state index is 11.5. The minimum atomic E-state index is 0.0587. The first-order chi connectivity index (χ1) is 7.83. The van der Waals surface area contributed by atoms with Crippen LogP contribution in [0.5, 0.6) is 0 Å². The molecule has 0 bridgehead atoms. The fourth-order valence-electron chi connectivity index (χ4n) is 1.61. The van der Waals surface area contributed by atoms with E-state index in [2.05, 4.69) is 10.6 Å². The number of amides is 1. The zero-order chi connectivity index (χ0) is 11.6. The van der Waals surface area contributed by atoms with Crippen molar-refractivity contribution in [3.63, 3.8) is 0 Å².